The molecule has 0 amide bonds. The molecule has 1 saturated heterocycles. The number of rotatable bonds is 2. The number of aryl methyl sites for hydroxylation is 1. The lowest BCUT2D eigenvalue weighted by Gasteiger charge is -2.25. The van der Waals surface area contributed by atoms with Crippen LogP contribution in [0.4, 0.5) is 10.3 Å². The number of hydrogen-bond acceptors (Lipinski definition) is 4. The minimum absolute atomic E-state index is 0.287. The second kappa shape index (κ2) is 4.97. The van der Waals surface area contributed by atoms with Gasteiger partial charge in [0.05, 0.1) is 18.8 Å². The first-order valence-electron chi connectivity index (χ1n) is 6.25. The van der Waals surface area contributed by atoms with E-state index in [1.165, 1.54) is 6.07 Å². The average molecular weight is 262 g/mol. The van der Waals surface area contributed by atoms with E-state index < -0.39 is 0 Å². The molecule has 6 heteroatoms. The van der Waals surface area contributed by atoms with E-state index in [-0.39, 0.29) is 5.82 Å². The summed E-state index contributed by atoms with van der Waals surface area (Å²) >= 11 is 0. The Morgan fingerprint density at radius 3 is 2.84 bits per heavy atom. The largest absolute Gasteiger partial charge is 0.378 e. The fraction of sp³-hybridized carbons (Fsp3) is 0.385. The summed E-state index contributed by atoms with van der Waals surface area (Å²) in [7, 11) is 0. The Morgan fingerprint density at radius 1 is 1.32 bits per heavy atom. The van der Waals surface area contributed by atoms with Gasteiger partial charge in [0.2, 0.25) is 5.95 Å². The van der Waals surface area contributed by atoms with Crippen molar-refractivity contribution >= 4 is 5.95 Å². The highest BCUT2D eigenvalue weighted by Crippen LogP contribution is 2.22. The molecule has 0 radical (unpaired) electrons. The van der Waals surface area contributed by atoms with Crippen LogP contribution in [0.3, 0.4) is 0 Å². The number of ether oxygens (including phenoxy) is 1. The Bertz CT molecular complexity index is 578. The number of nitrogens with zero attached hydrogens (tertiary/aromatic N) is 3. The third-order valence-corrected chi connectivity index (χ3v) is 3.15. The first-order valence-corrected chi connectivity index (χ1v) is 6.25. The van der Waals surface area contributed by atoms with Gasteiger partial charge in [0.1, 0.15) is 5.82 Å². The number of nitrogens with one attached hydrogen (secondary N) is 1. The zero-order valence-electron chi connectivity index (χ0n) is 10.7. The standard InChI is InChI=1S/C13H15FN4O/c1-9-2-3-10(11(14)8-9)12-15-13(17-16-12)18-4-6-19-7-5-18/h2-3,8H,4-7H2,1H3,(H,15,16,17). The number of H-pyrrole nitrogens is 1. The molecule has 3 rings (SSSR count). The number of halogens is 1. The molecule has 0 atom stereocenters. The minimum Gasteiger partial charge on any atom is -0.378 e. The highest BCUT2D eigenvalue weighted by Gasteiger charge is 2.17. The summed E-state index contributed by atoms with van der Waals surface area (Å²) < 4.78 is 19.1. The predicted octanol–water partition coefficient (Wildman–Crippen LogP) is 1.76. The van der Waals surface area contributed by atoms with Crippen LogP contribution in [0.15, 0.2) is 18.2 Å². The quantitative estimate of drug-likeness (QED) is 0.896. The minimum atomic E-state index is -0.287. The first-order chi connectivity index (χ1) is 9.24. The van der Waals surface area contributed by atoms with Gasteiger partial charge in [-0.2, -0.15) is 4.98 Å². The highest BCUT2D eigenvalue weighted by atomic mass is 19.1. The maximum atomic E-state index is 13.9. The van der Waals surface area contributed by atoms with E-state index in [2.05, 4.69) is 15.2 Å². The molecule has 1 aliphatic heterocycles. The van der Waals surface area contributed by atoms with Crippen molar-refractivity contribution in [2.24, 2.45) is 0 Å². The van der Waals surface area contributed by atoms with Gasteiger partial charge in [-0.3, -0.25) is 5.10 Å². The third-order valence-electron chi connectivity index (χ3n) is 3.15. The highest BCUT2D eigenvalue weighted by molar-refractivity contribution is 5.57. The molecule has 1 N–H and O–H groups in total. The van der Waals surface area contributed by atoms with Crippen LogP contribution in [0.25, 0.3) is 11.4 Å². The first kappa shape index (κ1) is 12.1. The Hall–Kier alpha value is -1.95. The average Bonchev–Trinajstić information content (AvgIpc) is 2.89. The van der Waals surface area contributed by atoms with Gasteiger partial charge in [0.25, 0.3) is 0 Å². The monoisotopic (exact) mass is 262 g/mol. The molecule has 1 aromatic carbocycles. The second-order valence-electron chi connectivity index (χ2n) is 4.57. The zero-order valence-corrected chi connectivity index (χ0v) is 10.7. The molecular formula is C13H15FN4O. The van der Waals surface area contributed by atoms with Gasteiger partial charge < -0.3 is 9.64 Å². The van der Waals surface area contributed by atoms with Crippen LogP contribution in [0.5, 0.6) is 0 Å². The maximum absolute atomic E-state index is 13.9. The lowest BCUT2D eigenvalue weighted by atomic mass is 10.1. The van der Waals surface area contributed by atoms with Gasteiger partial charge in [-0.05, 0) is 24.6 Å². The summed E-state index contributed by atoms with van der Waals surface area (Å²) in [6, 6.07) is 5.07. The van der Waals surface area contributed by atoms with E-state index in [4.69, 9.17) is 4.74 Å². The van der Waals surface area contributed by atoms with E-state index >= 15 is 0 Å². The van der Waals surface area contributed by atoms with Crippen LogP contribution in [0, 0.1) is 12.7 Å². The van der Waals surface area contributed by atoms with Crippen molar-refractivity contribution in [3.8, 4) is 11.4 Å². The maximum Gasteiger partial charge on any atom is 0.245 e. The molecule has 0 saturated carbocycles. The van der Waals surface area contributed by atoms with Crippen molar-refractivity contribution in [1.82, 2.24) is 15.2 Å². The van der Waals surface area contributed by atoms with Crippen LogP contribution in [-0.2, 0) is 4.74 Å². The summed E-state index contributed by atoms with van der Waals surface area (Å²) in [5.41, 5.74) is 1.33. The molecule has 0 unspecified atom stereocenters. The molecule has 0 aliphatic carbocycles. The molecule has 19 heavy (non-hydrogen) atoms. The molecule has 100 valence electrons. The van der Waals surface area contributed by atoms with Crippen LogP contribution in [0.2, 0.25) is 0 Å². The van der Waals surface area contributed by atoms with Crippen molar-refractivity contribution in [1.29, 1.82) is 0 Å². The van der Waals surface area contributed by atoms with Crippen molar-refractivity contribution in [3.63, 3.8) is 0 Å². The van der Waals surface area contributed by atoms with Crippen LogP contribution in [0.1, 0.15) is 5.56 Å². The van der Waals surface area contributed by atoms with Crippen molar-refractivity contribution < 1.29 is 9.13 Å². The normalized spacial score (nSPS) is 15.8. The number of aromatic nitrogens is 3. The van der Waals surface area contributed by atoms with E-state index in [0.29, 0.717) is 30.5 Å². The molecule has 2 heterocycles. The summed E-state index contributed by atoms with van der Waals surface area (Å²) in [5.74, 6) is 0.766. The Labute approximate surface area is 110 Å². The van der Waals surface area contributed by atoms with E-state index in [0.717, 1.165) is 18.7 Å². The van der Waals surface area contributed by atoms with E-state index in [9.17, 15) is 4.39 Å². The lowest BCUT2D eigenvalue weighted by Crippen LogP contribution is -2.36. The van der Waals surface area contributed by atoms with E-state index in [1.807, 2.05) is 17.9 Å². The Kier molecular flexibility index (Phi) is 3.16. The summed E-state index contributed by atoms with van der Waals surface area (Å²) in [6.07, 6.45) is 0. The topological polar surface area (TPSA) is 54.0 Å². The summed E-state index contributed by atoms with van der Waals surface area (Å²) in [5, 5.41) is 6.94. The van der Waals surface area contributed by atoms with Crippen LogP contribution in [-0.4, -0.2) is 41.5 Å². The number of anilines is 1. The molecule has 1 aromatic heterocycles. The predicted molar refractivity (Wildman–Crippen MR) is 69.5 cm³/mol. The van der Waals surface area contributed by atoms with E-state index in [1.54, 1.807) is 6.07 Å². The lowest BCUT2D eigenvalue weighted by molar-refractivity contribution is 0.122. The SMILES string of the molecule is Cc1ccc(-c2nc(N3CCOCC3)n[nH]2)c(F)c1. The van der Waals surface area contributed by atoms with Crippen LogP contribution >= 0.6 is 0 Å². The van der Waals surface area contributed by atoms with Gasteiger partial charge in [-0.25, -0.2) is 4.39 Å². The Balaban J connectivity index is 1.87. The van der Waals surface area contributed by atoms with Crippen molar-refractivity contribution in [2.75, 3.05) is 31.2 Å². The molecule has 5 nitrogen and oxygen atoms in total. The van der Waals surface area contributed by atoms with Crippen molar-refractivity contribution in [2.45, 2.75) is 6.92 Å². The fourth-order valence-corrected chi connectivity index (χ4v) is 2.09. The smallest absolute Gasteiger partial charge is 0.245 e. The van der Waals surface area contributed by atoms with Gasteiger partial charge >= 0.3 is 0 Å². The van der Waals surface area contributed by atoms with Gasteiger partial charge in [0, 0.05) is 13.1 Å². The molecular weight excluding hydrogens is 247 g/mol. The van der Waals surface area contributed by atoms with Gasteiger partial charge in [0.15, 0.2) is 5.82 Å². The number of aromatic amines is 1. The molecule has 2 aromatic rings. The molecule has 1 fully saturated rings. The molecule has 0 bridgehead atoms. The number of benzene rings is 1. The molecule has 0 spiro atoms. The number of morpholine rings is 1. The number of hydrogen-bond donors (Lipinski definition) is 1. The summed E-state index contributed by atoms with van der Waals surface area (Å²) in [6.45, 7) is 4.71. The third kappa shape index (κ3) is 2.44. The van der Waals surface area contributed by atoms with Crippen molar-refractivity contribution in [3.05, 3.63) is 29.6 Å². The van der Waals surface area contributed by atoms with Gasteiger partial charge in [-0.15, -0.1) is 5.10 Å². The molecule has 1 aliphatic rings. The second-order valence-corrected chi connectivity index (χ2v) is 4.57. The van der Waals surface area contributed by atoms with Gasteiger partial charge in [-0.1, -0.05) is 6.07 Å². The zero-order chi connectivity index (χ0) is 13.2. The van der Waals surface area contributed by atoms with Crippen LogP contribution < -0.4 is 4.90 Å². The summed E-state index contributed by atoms with van der Waals surface area (Å²) in [4.78, 5) is 6.38. The Morgan fingerprint density at radius 2 is 2.11 bits per heavy atom. The fourth-order valence-electron chi connectivity index (χ4n) is 2.09.